The predicted octanol–water partition coefficient (Wildman–Crippen LogP) is 1.18. The van der Waals surface area contributed by atoms with E-state index in [2.05, 4.69) is 12.2 Å². The lowest BCUT2D eigenvalue weighted by atomic mass is 9.94. The van der Waals surface area contributed by atoms with Crippen LogP contribution < -0.4 is 11.1 Å². The van der Waals surface area contributed by atoms with E-state index in [1.54, 1.807) is 6.07 Å². The maximum atomic E-state index is 9.65. The van der Waals surface area contributed by atoms with E-state index in [1.165, 1.54) is 0 Å². The number of anilines is 1. The molecule has 0 saturated heterocycles. The number of hydrogen-bond acceptors (Lipinski definition) is 3. The topological polar surface area (TPSA) is 58.3 Å². The van der Waals surface area contributed by atoms with Gasteiger partial charge in [-0.05, 0) is 31.5 Å². The van der Waals surface area contributed by atoms with Gasteiger partial charge >= 0.3 is 0 Å². The molecule has 1 aromatic rings. The standard InChI is InChI=1S/C10H14N2O/c1-6-9-4-7(11)5-10(13)8(9)2-3-12-6/h4-6,12-13H,2-3,11H2,1H3. The average Bonchev–Trinajstić information content (AvgIpc) is 2.07. The lowest BCUT2D eigenvalue weighted by Gasteiger charge is -2.24. The first-order valence-corrected chi connectivity index (χ1v) is 4.53. The zero-order valence-electron chi connectivity index (χ0n) is 7.67. The van der Waals surface area contributed by atoms with Crippen molar-refractivity contribution < 1.29 is 5.11 Å². The van der Waals surface area contributed by atoms with Crippen LogP contribution in [0.4, 0.5) is 5.69 Å². The van der Waals surface area contributed by atoms with E-state index in [0.29, 0.717) is 11.4 Å². The van der Waals surface area contributed by atoms with Crippen LogP contribution in [0.1, 0.15) is 24.1 Å². The number of rotatable bonds is 0. The lowest BCUT2D eigenvalue weighted by Crippen LogP contribution is -2.27. The fourth-order valence-corrected chi connectivity index (χ4v) is 1.88. The highest BCUT2D eigenvalue weighted by Gasteiger charge is 2.18. The first-order valence-electron chi connectivity index (χ1n) is 4.53. The second-order valence-corrected chi connectivity index (χ2v) is 3.53. The Bertz CT molecular complexity index is 336. The number of phenols is 1. The van der Waals surface area contributed by atoms with Gasteiger partial charge < -0.3 is 16.2 Å². The van der Waals surface area contributed by atoms with Crippen LogP contribution in [0.5, 0.6) is 5.75 Å². The molecular weight excluding hydrogens is 164 g/mol. The Balaban J connectivity index is 2.56. The van der Waals surface area contributed by atoms with Gasteiger partial charge in [0.25, 0.3) is 0 Å². The summed E-state index contributed by atoms with van der Waals surface area (Å²) in [6, 6.07) is 3.85. The van der Waals surface area contributed by atoms with Gasteiger partial charge in [0.15, 0.2) is 0 Å². The molecule has 0 amide bonds. The highest BCUT2D eigenvalue weighted by molar-refractivity contribution is 5.54. The van der Waals surface area contributed by atoms with Crippen LogP contribution in [0, 0.1) is 0 Å². The van der Waals surface area contributed by atoms with E-state index in [1.807, 2.05) is 6.07 Å². The van der Waals surface area contributed by atoms with Crippen molar-refractivity contribution in [1.82, 2.24) is 5.32 Å². The lowest BCUT2D eigenvalue weighted by molar-refractivity contribution is 0.453. The van der Waals surface area contributed by atoms with Crippen molar-refractivity contribution in [3.63, 3.8) is 0 Å². The number of nitrogen functional groups attached to an aromatic ring is 1. The molecule has 2 rings (SSSR count). The highest BCUT2D eigenvalue weighted by atomic mass is 16.3. The molecule has 0 bridgehead atoms. The van der Waals surface area contributed by atoms with E-state index in [0.717, 1.165) is 24.1 Å². The SMILES string of the molecule is CC1NCCc2c(O)cc(N)cc21. The number of hydrogen-bond donors (Lipinski definition) is 3. The van der Waals surface area contributed by atoms with E-state index < -0.39 is 0 Å². The summed E-state index contributed by atoms with van der Waals surface area (Å²) in [5.41, 5.74) is 8.46. The molecular formula is C10H14N2O. The number of aromatic hydroxyl groups is 1. The molecule has 0 fully saturated rings. The Morgan fingerprint density at radius 3 is 3.08 bits per heavy atom. The fourth-order valence-electron chi connectivity index (χ4n) is 1.88. The summed E-state index contributed by atoms with van der Waals surface area (Å²) in [7, 11) is 0. The van der Waals surface area contributed by atoms with Crippen molar-refractivity contribution in [3.8, 4) is 5.75 Å². The van der Waals surface area contributed by atoms with E-state index in [9.17, 15) is 5.11 Å². The van der Waals surface area contributed by atoms with Gasteiger partial charge in [0, 0.05) is 23.4 Å². The molecule has 3 nitrogen and oxygen atoms in total. The van der Waals surface area contributed by atoms with E-state index in [4.69, 9.17) is 5.73 Å². The molecule has 4 N–H and O–H groups in total. The molecule has 0 saturated carbocycles. The number of phenolic OH excluding ortho intramolecular Hbond substituents is 1. The Hall–Kier alpha value is -1.22. The summed E-state index contributed by atoms with van der Waals surface area (Å²) in [6.45, 7) is 3.00. The first-order chi connectivity index (χ1) is 6.18. The van der Waals surface area contributed by atoms with Gasteiger partial charge in [0.05, 0.1) is 0 Å². The number of benzene rings is 1. The van der Waals surface area contributed by atoms with Crippen molar-refractivity contribution in [1.29, 1.82) is 0 Å². The van der Waals surface area contributed by atoms with Crippen LogP contribution in [-0.4, -0.2) is 11.7 Å². The van der Waals surface area contributed by atoms with Crippen LogP contribution in [0.25, 0.3) is 0 Å². The Labute approximate surface area is 77.6 Å². The molecule has 3 heteroatoms. The molecule has 0 aromatic heterocycles. The van der Waals surface area contributed by atoms with Crippen LogP contribution >= 0.6 is 0 Å². The van der Waals surface area contributed by atoms with Gasteiger partial charge in [0.2, 0.25) is 0 Å². The minimum Gasteiger partial charge on any atom is -0.508 e. The van der Waals surface area contributed by atoms with Crippen molar-refractivity contribution in [3.05, 3.63) is 23.3 Å². The molecule has 0 spiro atoms. The third-order valence-corrected chi connectivity index (χ3v) is 2.58. The maximum absolute atomic E-state index is 9.65. The minimum atomic E-state index is 0.290. The van der Waals surface area contributed by atoms with Gasteiger partial charge in [-0.3, -0.25) is 0 Å². The van der Waals surface area contributed by atoms with Gasteiger partial charge in [-0.1, -0.05) is 0 Å². The van der Waals surface area contributed by atoms with Crippen molar-refractivity contribution in [2.24, 2.45) is 0 Å². The summed E-state index contributed by atoms with van der Waals surface area (Å²) in [5, 5.41) is 13.0. The number of nitrogens with one attached hydrogen (secondary N) is 1. The van der Waals surface area contributed by atoms with Crippen LogP contribution in [-0.2, 0) is 6.42 Å². The normalized spacial score (nSPS) is 21.2. The number of nitrogens with two attached hydrogens (primary N) is 1. The van der Waals surface area contributed by atoms with E-state index >= 15 is 0 Å². The molecule has 0 radical (unpaired) electrons. The van der Waals surface area contributed by atoms with Crippen molar-refractivity contribution >= 4 is 5.69 Å². The molecule has 1 unspecified atom stereocenters. The minimum absolute atomic E-state index is 0.290. The highest BCUT2D eigenvalue weighted by Crippen LogP contribution is 2.31. The second-order valence-electron chi connectivity index (χ2n) is 3.53. The van der Waals surface area contributed by atoms with Crippen molar-refractivity contribution in [2.75, 3.05) is 12.3 Å². The first kappa shape index (κ1) is 8.38. The Morgan fingerprint density at radius 1 is 1.54 bits per heavy atom. The Kier molecular flexibility index (Phi) is 1.88. The summed E-state index contributed by atoms with van der Waals surface area (Å²) in [5.74, 6) is 0.336. The largest absolute Gasteiger partial charge is 0.508 e. The maximum Gasteiger partial charge on any atom is 0.121 e. The monoisotopic (exact) mass is 178 g/mol. The van der Waals surface area contributed by atoms with Crippen molar-refractivity contribution in [2.45, 2.75) is 19.4 Å². The van der Waals surface area contributed by atoms with Gasteiger partial charge in [0.1, 0.15) is 5.75 Å². The predicted molar refractivity (Wildman–Crippen MR) is 52.6 cm³/mol. The quantitative estimate of drug-likeness (QED) is 0.523. The smallest absolute Gasteiger partial charge is 0.121 e. The average molecular weight is 178 g/mol. The Morgan fingerprint density at radius 2 is 2.31 bits per heavy atom. The molecule has 1 atom stereocenters. The molecule has 13 heavy (non-hydrogen) atoms. The molecule has 1 aliphatic heterocycles. The summed E-state index contributed by atoms with van der Waals surface area (Å²) in [4.78, 5) is 0. The summed E-state index contributed by atoms with van der Waals surface area (Å²) in [6.07, 6.45) is 0.881. The summed E-state index contributed by atoms with van der Waals surface area (Å²) >= 11 is 0. The number of fused-ring (bicyclic) bond motifs is 1. The molecule has 0 aliphatic carbocycles. The van der Waals surface area contributed by atoms with Crippen LogP contribution in [0.15, 0.2) is 12.1 Å². The fraction of sp³-hybridized carbons (Fsp3) is 0.400. The third-order valence-electron chi connectivity index (χ3n) is 2.58. The molecule has 1 aromatic carbocycles. The zero-order chi connectivity index (χ0) is 9.42. The summed E-state index contributed by atoms with van der Waals surface area (Å²) < 4.78 is 0. The van der Waals surface area contributed by atoms with Gasteiger partial charge in [-0.25, -0.2) is 0 Å². The molecule has 1 heterocycles. The third kappa shape index (κ3) is 1.35. The van der Waals surface area contributed by atoms with Crippen LogP contribution in [0.3, 0.4) is 0 Å². The molecule has 70 valence electrons. The molecule has 1 aliphatic rings. The van der Waals surface area contributed by atoms with Gasteiger partial charge in [-0.15, -0.1) is 0 Å². The second kappa shape index (κ2) is 2.92. The zero-order valence-corrected chi connectivity index (χ0v) is 7.67. The van der Waals surface area contributed by atoms with E-state index in [-0.39, 0.29) is 6.04 Å². The van der Waals surface area contributed by atoms with Crippen LogP contribution in [0.2, 0.25) is 0 Å². The van der Waals surface area contributed by atoms with Gasteiger partial charge in [-0.2, -0.15) is 0 Å².